The molecule has 0 aromatic heterocycles. The number of unbranched alkanes of at least 4 members (excludes halogenated alkanes) is 1. The largest absolute Gasteiger partial charge is 0.454 e. The number of hydrogen-bond acceptors (Lipinski definition) is 4. The number of benzene rings is 1. The number of amides is 2. The van der Waals surface area contributed by atoms with Crippen molar-refractivity contribution in [3.05, 3.63) is 18.2 Å². The van der Waals surface area contributed by atoms with Crippen molar-refractivity contribution in [2.45, 2.75) is 32.6 Å². The zero-order valence-electron chi connectivity index (χ0n) is 12.6. The van der Waals surface area contributed by atoms with Gasteiger partial charge in [0.15, 0.2) is 11.5 Å². The standard InChI is InChI=1S/C16H20N2O4/c1-2-3-8-17-14(19)16(6-7-16)15(20)18-11-4-5-12-13(9-11)22-10-21-12/h4-5,9H,2-3,6-8,10H2,1H3,(H,17,19)(H,18,20). The highest BCUT2D eigenvalue weighted by Gasteiger charge is 2.56. The molecule has 0 bridgehead atoms. The lowest BCUT2D eigenvalue weighted by Crippen LogP contribution is -2.40. The summed E-state index contributed by atoms with van der Waals surface area (Å²) in [6.45, 7) is 2.87. The van der Waals surface area contributed by atoms with Gasteiger partial charge in [0.25, 0.3) is 0 Å². The molecular weight excluding hydrogens is 284 g/mol. The van der Waals surface area contributed by atoms with E-state index in [4.69, 9.17) is 9.47 Å². The summed E-state index contributed by atoms with van der Waals surface area (Å²) in [7, 11) is 0. The maximum Gasteiger partial charge on any atom is 0.240 e. The number of carbonyl (C=O) groups excluding carboxylic acids is 2. The van der Waals surface area contributed by atoms with E-state index in [0.717, 1.165) is 12.8 Å². The first-order valence-electron chi connectivity index (χ1n) is 7.65. The van der Waals surface area contributed by atoms with E-state index in [1.54, 1.807) is 18.2 Å². The third kappa shape index (κ3) is 2.73. The van der Waals surface area contributed by atoms with E-state index >= 15 is 0 Å². The van der Waals surface area contributed by atoms with E-state index in [2.05, 4.69) is 17.6 Å². The first-order chi connectivity index (χ1) is 10.7. The Balaban J connectivity index is 1.63. The number of nitrogens with one attached hydrogen (secondary N) is 2. The van der Waals surface area contributed by atoms with Crippen LogP contribution < -0.4 is 20.1 Å². The van der Waals surface area contributed by atoms with Crippen molar-refractivity contribution < 1.29 is 19.1 Å². The fraction of sp³-hybridized carbons (Fsp3) is 0.500. The minimum Gasteiger partial charge on any atom is -0.454 e. The third-order valence-corrected chi connectivity index (χ3v) is 4.07. The molecule has 118 valence electrons. The zero-order chi connectivity index (χ0) is 15.6. The molecule has 1 fully saturated rings. The van der Waals surface area contributed by atoms with Crippen LogP contribution in [0, 0.1) is 5.41 Å². The predicted molar refractivity (Wildman–Crippen MR) is 80.8 cm³/mol. The van der Waals surface area contributed by atoms with Crippen LogP contribution in [0.2, 0.25) is 0 Å². The summed E-state index contributed by atoms with van der Waals surface area (Å²) in [4.78, 5) is 24.6. The summed E-state index contributed by atoms with van der Waals surface area (Å²) >= 11 is 0. The zero-order valence-corrected chi connectivity index (χ0v) is 12.6. The summed E-state index contributed by atoms with van der Waals surface area (Å²) in [6, 6.07) is 5.21. The Morgan fingerprint density at radius 2 is 1.95 bits per heavy atom. The van der Waals surface area contributed by atoms with Gasteiger partial charge in [0.2, 0.25) is 18.6 Å². The summed E-state index contributed by atoms with van der Waals surface area (Å²) in [6.07, 6.45) is 3.13. The van der Waals surface area contributed by atoms with E-state index in [1.165, 1.54) is 0 Å². The molecule has 2 amide bonds. The van der Waals surface area contributed by atoms with Crippen LogP contribution in [0.1, 0.15) is 32.6 Å². The van der Waals surface area contributed by atoms with Crippen LogP contribution in [0.3, 0.4) is 0 Å². The van der Waals surface area contributed by atoms with Gasteiger partial charge in [-0.15, -0.1) is 0 Å². The Labute approximate surface area is 129 Å². The van der Waals surface area contributed by atoms with Gasteiger partial charge in [-0.3, -0.25) is 9.59 Å². The van der Waals surface area contributed by atoms with Crippen LogP contribution in [0.15, 0.2) is 18.2 Å². The lowest BCUT2D eigenvalue weighted by molar-refractivity contribution is -0.134. The van der Waals surface area contributed by atoms with Crippen molar-refractivity contribution >= 4 is 17.5 Å². The lowest BCUT2D eigenvalue weighted by Gasteiger charge is -2.15. The van der Waals surface area contributed by atoms with Crippen LogP contribution in [0.25, 0.3) is 0 Å². The first-order valence-corrected chi connectivity index (χ1v) is 7.65. The Hall–Kier alpha value is -2.24. The topological polar surface area (TPSA) is 76.7 Å². The van der Waals surface area contributed by atoms with E-state index in [-0.39, 0.29) is 18.6 Å². The van der Waals surface area contributed by atoms with Crippen molar-refractivity contribution in [1.82, 2.24) is 5.32 Å². The fourth-order valence-corrected chi connectivity index (χ4v) is 2.46. The SMILES string of the molecule is CCCCNC(=O)C1(C(=O)Nc2ccc3c(c2)OCO3)CC1. The second kappa shape index (κ2) is 5.87. The van der Waals surface area contributed by atoms with Gasteiger partial charge in [-0.1, -0.05) is 13.3 Å². The highest BCUT2D eigenvalue weighted by molar-refractivity contribution is 6.13. The Morgan fingerprint density at radius 1 is 1.18 bits per heavy atom. The molecule has 3 rings (SSSR count). The molecule has 2 N–H and O–H groups in total. The molecule has 6 heteroatoms. The number of rotatable bonds is 6. The summed E-state index contributed by atoms with van der Waals surface area (Å²) in [5, 5.41) is 5.66. The number of fused-ring (bicyclic) bond motifs is 1. The second-order valence-corrected chi connectivity index (χ2v) is 5.71. The van der Waals surface area contributed by atoms with Crippen LogP contribution in [0.5, 0.6) is 11.5 Å². The quantitative estimate of drug-likeness (QED) is 0.623. The van der Waals surface area contributed by atoms with Crippen LogP contribution in [-0.4, -0.2) is 25.2 Å². The third-order valence-electron chi connectivity index (χ3n) is 4.07. The van der Waals surface area contributed by atoms with Gasteiger partial charge in [-0.05, 0) is 31.4 Å². The highest BCUT2D eigenvalue weighted by Crippen LogP contribution is 2.47. The molecule has 22 heavy (non-hydrogen) atoms. The number of carbonyl (C=O) groups is 2. The van der Waals surface area contributed by atoms with Gasteiger partial charge in [-0.2, -0.15) is 0 Å². The molecule has 0 atom stereocenters. The number of hydrogen-bond donors (Lipinski definition) is 2. The van der Waals surface area contributed by atoms with Gasteiger partial charge in [0.05, 0.1) is 0 Å². The maximum absolute atomic E-state index is 12.4. The average Bonchev–Trinajstić information content (AvgIpc) is 3.20. The molecule has 1 aromatic carbocycles. The average molecular weight is 304 g/mol. The van der Waals surface area contributed by atoms with Crippen molar-refractivity contribution in [3.63, 3.8) is 0 Å². The van der Waals surface area contributed by atoms with Gasteiger partial charge in [0.1, 0.15) is 5.41 Å². The second-order valence-electron chi connectivity index (χ2n) is 5.71. The summed E-state index contributed by atoms with van der Waals surface area (Å²) in [5.41, 5.74) is -0.286. The van der Waals surface area contributed by atoms with Gasteiger partial charge in [-0.25, -0.2) is 0 Å². The lowest BCUT2D eigenvalue weighted by atomic mass is 10.0. The van der Waals surface area contributed by atoms with E-state index in [1.807, 2.05) is 0 Å². The minimum absolute atomic E-state index is 0.167. The predicted octanol–water partition coefficient (Wildman–Crippen LogP) is 2.05. The van der Waals surface area contributed by atoms with Crippen LogP contribution in [-0.2, 0) is 9.59 Å². The first kappa shape index (κ1) is 14.7. The van der Waals surface area contributed by atoms with E-state index in [0.29, 0.717) is 36.6 Å². The Bertz CT molecular complexity index is 596. The molecule has 0 unspecified atom stereocenters. The van der Waals surface area contributed by atoms with Gasteiger partial charge >= 0.3 is 0 Å². The van der Waals surface area contributed by atoms with E-state index in [9.17, 15) is 9.59 Å². The molecular formula is C16H20N2O4. The molecule has 6 nitrogen and oxygen atoms in total. The molecule has 0 radical (unpaired) electrons. The molecule has 1 aliphatic heterocycles. The molecule has 2 aliphatic rings. The normalized spacial score (nSPS) is 17.0. The van der Waals surface area contributed by atoms with Crippen molar-refractivity contribution in [2.75, 3.05) is 18.7 Å². The van der Waals surface area contributed by atoms with E-state index < -0.39 is 5.41 Å². The molecule has 0 spiro atoms. The number of anilines is 1. The molecule has 1 aliphatic carbocycles. The molecule has 0 saturated heterocycles. The Morgan fingerprint density at radius 3 is 2.68 bits per heavy atom. The van der Waals surface area contributed by atoms with Gasteiger partial charge < -0.3 is 20.1 Å². The fourth-order valence-electron chi connectivity index (χ4n) is 2.46. The Kier molecular flexibility index (Phi) is 3.92. The van der Waals surface area contributed by atoms with Crippen molar-refractivity contribution in [2.24, 2.45) is 5.41 Å². The molecule has 1 heterocycles. The van der Waals surface area contributed by atoms with Crippen LogP contribution >= 0.6 is 0 Å². The summed E-state index contributed by atoms with van der Waals surface area (Å²) in [5.74, 6) is 0.853. The van der Waals surface area contributed by atoms with Gasteiger partial charge in [0, 0.05) is 18.3 Å². The summed E-state index contributed by atoms with van der Waals surface area (Å²) < 4.78 is 10.5. The van der Waals surface area contributed by atoms with Crippen molar-refractivity contribution in [3.8, 4) is 11.5 Å². The minimum atomic E-state index is -0.899. The number of ether oxygens (including phenoxy) is 2. The maximum atomic E-state index is 12.4. The molecule has 1 aromatic rings. The van der Waals surface area contributed by atoms with Crippen LogP contribution in [0.4, 0.5) is 5.69 Å². The van der Waals surface area contributed by atoms with Crippen molar-refractivity contribution in [1.29, 1.82) is 0 Å². The smallest absolute Gasteiger partial charge is 0.240 e. The highest BCUT2D eigenvalue weighted by atomic mass is 16.7. The monoisotopic (exact) mass is 304 g/mol. The molecule has 1 saturated carbocycles.